The predicted octanol–water partition coefficient (Wildman–Crippen LogP) is 5.88. The number of benzene rings is 2. The van der Waals surface area contributed by atoms with Crippen LogP contribution in [0.3, 0.4) is 0 Å². The van der Waals surface area contributed by atoms with Gasteiger partial charge in [-0.05, 0) is 87.9 Å². The Morgan fingerprint density at radius 2 is 1.91 bits per heavy atom. The van der Waals surface area contributed by atoms with Gasteiger partial charge in [-0.2, -0.15) is 0 Å². The normalized spacial score (nSPS) is 15.5. The van der Waals surface area contributed by atoms with Crippen molar-refractivity contribution in [1.29, 1.82) is 0 Å². The van der Waals surface area contributed by atoms with Crippen LogP contribution in [-0.4, -0.2) is 31.7 Å². The number of rotatable bonds is 4. The number of imidazole rings is 1. The number of ether oxygens (including phenoxy) is 1. The van der Waals surface area contributed by atoms with Gasteiger partial charge >= 0.3 is 0 Å². The minimum absolute atomic E-state index is 0.121. The van der Waals surface area contributed by atoms with E-state index in [2.05, 4.69) is 21.2 Å². The molecule has 2 aromatic heterocycles. The number of amides is 1. The number of hydrogen-bond acceptors (Lipinski definition) is 4. The van der Waals surface area contributed by atoms with Crippen molar-refractivity contribution >= 4 is 11.4 Å². The van der Waals surface area contributed by atoms with Gasteiger partial charge < -0.3 is 9.64 Å². The third kappa shape index (κ3) is 4.50. The SMILES string of the molecule is CC#CC(=O)N1CCCCC1c1nc(-c2ccc(Oc3cccc(C)c3)cc2)c2c(C)nccn12. The van der Waals surface area contributed by atoms with Gasteiger partial charge in [0.1, 0.15) is 17.3 Å². The molecule has 1 atom stereocenters. The summed E-state index contributed by atoms with van der Waals surface area (Å²) in [5.41, 5.74) is 4.83. The summed E-state index contributed by atoms with van der Waals surface area (Å²) in [6.07, 6.45) is 6.61. The number of nitrogens with zero attached hydrogens (tertiary/aromatic N) is 4. The van der Waals surface area contributed by atoms with E-state index < -0.39 is 0 Å². The lowest BCUT2D eigenvalue weighted by molar-refractivity contribution is -0.129. The Kier molecular flexibility index (Phi) is 6.24. The van der Waals surface area contributed by atoms with Crippen molar-refractivity contribution in [1.82, 2.24) is 19.3 Å². The first-order chi connectivity index (χ1) is 17.0. The molecule has 0 bridgehead atoms. The van der Waals surface area contributed by atoms with E-state index in [0.717, 1.165) is 64.6 Å². The Bertz CT molecular complexity index is 1440. The van der Waals surface area contributed by atoms with Gasteiger partial charge in [-0.15, -0.1) is 0 Å². The third-order valence-electron chi connectivity index (χ3n) is 6.41. The van der Waals surface area contributed by atoms with Crippen LogP contribution in [0.4, 0.5) is 0 Å². The molecule has 1 saturated heterocycles. The topological polar surface area (TPSA) is 59.7 Å². The molecule has 5 rings (SSSR count). The smallest absolute Gasteiger partial charge is 0.299 e. The summed E-state index contributed by atoms with van der Waals surface area (Å²) in [7, 11) is 0. The van der Waals surface area contributed by atoms with Crippen LogP contribution in [-0.2, 0) is 4.79 Å². The van der Waals surface area contributed by atoms with Crippen molar-refractivity contribution < 1.29 is 9.53 Å². The van der Waals surface area contributed by atoms with Crippen molar-refractivity contribution in [3.63, 3.8) is 0 Å². The number of aromatic nitrogens is 3. The molecule has 0 aliphatic carbocycles. The van der Waals surface area contributed by atoms with Crippen LogP contribution in [0.2, 0.25) is 0 Å². The van der Waals surface area contributed by atoms with Crippen LogP contribution in [0.15, 0.2) is 60.9 Å². The molecular weight excluding hydrogens is 436 g/mol. The first-order valence-corrected chi connectivity index (χ1v) is 12.0. The van der Waals surface area contributed by atoms with E-state index in [0.29, 0.717) is 6.54 Å². The monoisotopic (exact) mass is 464 g/mol. The Morgan fingerprint density at radius 1 is 1.09 bits per heavy atom. The van der Waals surface area contributed by atoms with Crippen molar-refractivity contribution in [3.05, 3.63) is 78.0 Å². The fourth-order valence-electron chi connectivity index (χ4n) is 4.77. The second-order valence-electron chi connectivity index (χ2n) is 8.88. The largest absolute Gasteiger partial charge is 0.457 e. The molecule has 35 heavy (non-hydrogen) atoms. The predicted molar refractivity (Wildman–Crippen MR) is 136 cm³/mol. The minimum Gasteiger partial charge on any atom is -0.457 e. The highest BCUT2D eigenvalue weighted by Crippen LogP contribution is 2.36. The van der Waals surface area contributed by atoms with Gasteiger partial charge in [0.05, 0.1) is 22.9 Å². The molecule has 1 amide bonds. The molecule has 0 spiro atoms. The molecule has 6 nitrogen and oxygen atoms in total. The fourth-order valence-corrected chi connectivity index (χ4v) is 4.77. The molecular formula is C29H28N4O2. The first-order valence-electron chi connectivity index (χ1n) is 12.0. The Labute approximate surface area is 205 Å². The van der Waals surface area contributed by atoms with Gasteiger partial charge in [-0.3, -0.25) is 14.2 Å². The van der Waals surface area contributed by atoms with Crippen LogP contribution < -0.4 is 4.74 Å². The maximum absolute atomic E-state index is 12.8. The van der Waals surface area contributed by atoms with Crippen LogP contribution in [0, 0.1) is 25.7 Å². The molecule has 0 saturated carbocycles. The van der Waals surface area contributed by atoms with E-state index >= 15 is 0 Å². The van der Waals surface area contributed by atoms with Crippen LogP contribution in [0.1, 0.15) is 49.3 Å². The average Bonchev–Trinajstić information content (AvgIpc) is 3.26. The molecule has 6 heteroatoms. The van der Waals surface area contributed by atoms with E-state index in [1.54, 1.807) is 13.1 Å². The van der Waals surface area contributed by atoms with E-state index in [1.165, 1.54) is 0 Å². The number of aryl methyl sites for hydroxylation is 2. The summed E-state index contributed by atoms with van der Waals surface area (Å²) in [5, 5.41) is 0. The number of likely N-dealkylation sites (tertiary alicyclic amines) is 1. The van der Waals surface area contributed by atoms with E-state index in [1.807, 2.05) is 73.5 Å². The fraction of sp³-hybridized carbons (Fsp3) is 0.276. The summed E-state index contributed by atoms with van der Waals surface area (Å²) in [4.78, 5) is 24.3. The lowest BCUT2D eigenvalue weighted by Gasteiger charge is -2.33. The van der Waals surface area contributed by atoms with Gasteiger partial charge in [-0.25, -0.2) is 4.98 Å². The second kappa shape index (κ2) is 9.63. The standard InChI is InChI=1S/C29H28N4O2/c1-4-8-26(34)32-17-6-5-11-25(32)29-31-27(28-21(3)30-16-18-33(28)29)22-12-14-23(15-13-22)35-24-10-7-9-20(2)19-24/h7,9-10,12-16,18-19,25H,5-6,11,17H2,1-3H3. The lowest BCUT2D eigenvalue weighted by Crippen LogP contribution is -2.38. The summed E-state index contributed by atoms with van der Waals surface area (Å²) >= 11 is 0. The molecule has 4 aromatic rings. The Balaban J connectivity index is 1.54. The van der Waals surface area contributed by atoms with Gasteiger partial charge in [0.25, 0.3) is 5.91 Å². The summed E-state index contributed by atoms with van der Waals surface area (Å²) in [6, 6.07) is 15.8. The zero-order valence-electron chi connectivity index (χ0n) is 20.3. The molecule has 1 fully saturated rings. The Hall–Kier alpha value is -4.11. The average molecular weight is 465 g/mol. The summed E-state index contributed by atoms with van der Waals surface area (Å²) in [6.45, 7) is 6.42. The van der Waals surface area contributed by atoms with E-state index in [4.69, 9.17) is 9.72 Å². The van der Waals surface area contributed by atoms with E-state index in [-0.39, 0.29) is 11.9 Å². The number of hydrogen-bond donors (Lipinski definition) is 0. The minimum atomic E-state index is -0.140. The molecule has 176 valence electrons. The highest BCUT2D eigenvalue weighted by Gasteiger charge is 2.31. The highest BCUT2D eigenvalue weighted by atomic mass is 16.5. The molecule has 1 aliphatic rings. The third-order valence-corrected chi connectivity index (χ3v) is 6.41. The van der Waals surface area contributed by atoms with Crippen molar-refractivity contribution in [2.45, 2.75) is 46.1 Å². The zero-order chi connectivity index (χ0) is 24.4. The van der Waals surface area contributed by atoms with Crippen LogP contribution in [0.25, 0.3) is 16.8 Å². The summed E-state index contributed by atoms with van der Waals surface area (Å²) in [5.74, 6) is 7.75. The Morgan fingerprint density at radius 3 is 2.69 bits per heavy atom. The number of carbonyl (C=O) groups excluding carboxylic acids is 1. The van der Waals surface area contributed by atoms with Gasteiger partial charge in [0.2, 0.25) is 0 Å². The quantitative estimate of drug-likeness (QED) is 0.354. The van der Waals surface area contributed by atoms with E-state index in [9.17, 15) is 4.79 Å². The molecule has 0 radical (unpaired) electrons. The van der Waals surface area contributed by atoms with Gasteiger partial charge in [0, 0.05) is 24.5 Å². The second-order valence-corrected chi connectivity index (χ2v) is 8.88. The zero-order valence-corrected chi connectivity index (χ0v) is 20.3. The van der Waals surface area contributed by atoms with Crippen LogP contribution >= 0.6 is 0 Å². The molecule has 1 unspecified atom stereocenters. The first kappa shape index (κ1) is 22.7. The van der Waals surface area contributed by atoms with Gasteiger partial charge in [-0.1, -0.05) is 18.1 Å². The molecule has 1 aliphatic heterocycles. The van der Waals surface area contributed by atoms with Gasteiger partial charge in [0.15, 0.2) is 0 Å². The molecule has 2 aromatic carbocycles. The molecule has 3 heterocycles. The maximum Gasteiger partial charge on any atom is 0.299 e. The van der Waals surface area contributed by atoms with Crippen molar-refractivity contribution in [2.24, 2.45) is 0 Å². The number of piperidine rings is 1. The van der Waals surface area contributed by atoms with Crippen molar-refractivity contribution in [2.75, 3.05) is 6.54 Å². The maximum atomic E-state index is 12.8. The number of carbonyl (C=O) groups is 1. The summed E-state index contributed by atoms with van der Waals surface area (Å²) < 4.78 is 8.12. The lowest BCUT2D eigenvalue weighted by atomic mass is 10.0. The van der Waals surface area contributed by atoms with Crippen molar-refractivity contribution in [3.8, 4) is 34.6 Å². The number of fused-ring (bicyclic) bond motifs is 1. The molecule has 0 N–H and O–H groups in total. The highest BCUT2D eigenvalue weighted by molar-refractivity contribution is 5.93. The van der Waals surface area contributed by atoms with Crippen LogP contribution in [0.5, 0.6) is 11.5 Å².